The molecule has 1 aromatic carbocycles. The molecule has 0 bridgehead atoms. The molecule has 17 heavy (non-hydrogen) atoms. The lowest BCUT2D eigenvalue weighted by molar-refractivity contribution is 0.0562. The molecule has 2 rings (SSSR count). The lowest BCUT2D eigenvalue weighted by atomic mass is 10.1. The van der Waals surface area contributed by atoms with Crippen LogP contribution in [0.1, 0.15) is 27.4 Å². The number of rotatable bonds is 3. The summed E-state index contributed by atoms with van der Waals surface area (Å²) in [7, 11) is 1.35. The number of aryl methyl sites for hydroxylation is 1. The molecule has 0 aliphatic heterocycles. The quantitative estimate of drug-likeness (QED) is 0.761. The molecule has 0 aliphatic rings. The minimum absolute atomic E-state index is 0.290. The van der Waals surface area contributed by atoms with Gasteiger partial charge in [-0.15, -0.1) is 0 Å². The van der Waals surface area contributed by atoms with Gasteiger partial charge in [0.05, 0.1) is 7.11 Å². The van der Waals surface area contributed by atoms with E-state index in [1.54, 1.807) is 0 Å². The highest BCUT2D eigenvalue weighted by atomic mass is 16.5. The predicted octanol–water partition coefficient (Wildman–Crippen LogP) is 2.97. The molecular formula is C14H14O3. The van der Waals surface area contributed by atoms with E-state index in [-0.39, 0.29) is 0 Å². The molecule has 0 radical (unpaired) electrons. The highest BCUT2D eigenvalue weighted by Gasteiger charge is 2.15. The smallest absolute Gasteiger partial charge is 0.374 e. The molecule has 0 unspecified atom stereocenters. The van der Waals surface area contributed by atoms with Crippen LogP contribution in [-0.2, 0) is 11.2 Å². The zero-order valence-electron chi connectivity index (χ0n) is 9.90. The van der Waals surface area contributed by atoms with Crippen LogP contribution in [0.3, 0.4) is 0 Å². The number of carbonyl (C=O) groups excluding carboxylic acids is 1. The van der Waals surface area contributed by atoms with E-state index in [0.29, 0.717) is 12.2 Å². The van der Waals surface area contributed by atoms with E-state index in [4.69, 9.17) is 4.42 Å². The van der Waals surface area contributed by atoms with Crippen LogP contribution in [-0.4, -0.2) is 13.1 Å². The first-order valence-electron chi connectivity index (χ1n) is 5.42. The van der Waals surface area contributed by atoms with E-state index in [1.807, 2.05) is 43.3 Å². The Balaban J connectivity index is 2.21. The number of esters is 1. The van der Waals surface area contributed by atoms with Gasteiger partial charge in [0.1, 0.15) is 5.76 Å². The van der Waals surface area contributed by atoms with Crippen LogP contribution >= 0.6 is 0 Å². The minimum Gasteiger partial charge on any atom is -0.463 e. The topological polar surface area (TPSA) is 39.4 Å². The molecular weight excluding hydrogens is 216 g/mol. The molecule has 3 nitrogen and oxygen atoms in total. The average Bonchev–Trinajstić information content (AvgIpc) is 2.70. The minimum atomic E-state index is -0.429. The number of hydrogen-bond donors (Lipinski definition) is 0. The van der Waals surface area contributed by atoms with Crippen molar-refractivity contribution in [2.24, 2.45) is 0 Å². The lowest BCUT2D eigenvalue weighted by Gasteiger charge is -1.97. The maximum Gasteiger partial charge on any atom is 0.374 e. The third kappa shape index (κ3) is 2.56. The van der Waals surface area contributed by atoms with Gasteiger partial charge in [-0.05, 0) is 18.6 Å². The van der Waals surface area contributed by atoms with Crippen LogP contribution in [0.2, 0.25) is 0 Å². The lowest BCUT2D eigenvalue weighted by Crippen LogP contribution is -2.00. The Hall–Kier alpha value is -2.03. The largest absolute Gasteiger partial charge is 0.463 e. The fraction of sp³-hybridized carbons (Fsp3) is 0.214. The van der Waals surface area contributed by atoms with E-state index >= 15 is 0 Å². The second-order valence-electron chi connectivity index (χ2n) is 3.88. The molecule has 0 spiro atoms. The molecule has 0 saturated heterocycles. The van der Waals surface area contributed by atoms with E-state index in [2.05, 4.69) is 4.74 Å². The first kappa shape index (κ1) is 11.5. The van der Waals surface area contributed by atoms with Crippen molar-refractivity contribution in [1.82, 2.24) is 0 Å². The average molecular weight is 230 g/mol. The van der Waals surface area contributed by atoms with Gasteiger partial charge in [0.2, 0.25) is 5.76 Å². The third-order valence-electron chi connectivity index (χ3n) is 2.56. The SMILES string of the molecule is COC(=O)c1oc(Cc2ccccc2)cc1C. The molecule has 1 heterocycles. The molecule has 0 atom stereocenters. The summed E-state index contributed by atoms with van der Waals surface area (Å²) >= 11 is 0. The van der Waals surface area contributed by atoms with Gasteiger partial charge in [0.25, 0.3) is 0 Å². The molecule has 3 heteroatoms. The Bertz CT molecular complexity index is 512. The Morgan fingerprint density at radius 2 is 2.00 bits per heavy atom. The Kier molecular flexibility index (Phi) is 3.28. The molecule has 1 aromatic heterocycles. The zero-order valence-corrected chi connectivity index (χ0v) is 9.90. The van der Waals surface area contributed by atoms with E-state index < -0.39 is 5.97 Å². The van der Waals surface area contributed by atoms with Crippen LogP contribution in [0.4, 0.5) is 0 Å². The summed E-state index contributed by atoms with van der Waals surface area (Å²) in [6.07, 6.45) is 0.679. The fourth-order valence-electron chi connectivity index (χ4n) is 1.73. The third-order valence-corrected chi connectivity index (χ3v) is 2.56. The number of carbonyl (C=O) groups is 1. The summed E-state index contributed by atoms with van der Waals surface area (Å²) in [4.78, 5) is 11.4. The maximum atomic E-state index is 11.4. The summed E-state index contributed by atoms with van der Waals surface area (Å²) < 4.78 is 10.1. The Labute approximate surface area is 100 Å². The summed E-state index contributed by atoms with van der Waals surface area (Å²) in [6.45, 7) is 1.84. The molecule has 0 N–H and O–H groups in total. The van der Waals surface area contributed by atoms with Crippen molar-refractivity contribution < 1.29 is 13.9 Å². The summed E-state index contributed by atoms with van der Waals surface area (Å²) in [5.74, 6) is 0.634. The molecule has 2 aromatic rings. The second-order valence-corrected chi connectivity index (χ2v) is 3.88. The van der Waals surface area contributed by atoms with Crippen LogP contribution in [0.15, 0.2) is 40.8 Å². The number of hydrogen-bond acceptors (Lipinski definition) is 3. The second kappa shape index (κ2) is 4.87. The highest BCUT2D eigenvalue weighted by molar-refractivity contribution is 5.87. The van der Waals surface area contributed by atoms with Gasteiger partial charge in [-0.3, -0.25) is 0 Å². The summed E-state index contributed by atoms with van der Waals surface area (Å²) in [6, 6.07) is 11.8. The molecule has 0 fully saturated rings. The van der Waals surface area contributed by atoms with Crippen molar-refractivity contribution in [1.29, 1.82) is 0 Å². The van der Waals surface area contributed by atoms with Crippen molar-refractivity contribution in [3.8, 4) is 0 Å². The first-order valence-corrected chi connectivity index (χ1v) is 5.42. The monoisotopic (exact) mass is 230 g/mol. The Morgan fingerprint density at radius 1 is 1.29 bits per heavy atom. The predicted molar refractivity (Wildman–Crippen MR) is 64.0 cm³/mol. The van der Waals surface area contributed by atoms with E-state index in [0.717, 1.165) is 16.9 Å². The van der Waals surface area contributed by atoms with Crippen molar-refractivity contribution >= 4 is 5.97 Å². The van der Waals surface area contributed by atoms with Crippen LogP contribution in [0.25, 0.3) is 0 Å². The Morgan fingerprint density at radius 3 is 2.65 bits per heavy atom. The van der Waals surface area contributed by atoms with Crippen molar-refractivity contribution in [2.75, 3.05) is 7.11 Å². The number of benzene rings is 1. The molecule has 88 valence electrons. The van der Waals surface area contributed by atoms with Gasteiger partial charge in [-0.1, -0.05) is 30.3 Å². The number of furan rings is 1. The van der Waals surface area contributed by atoms with Gasteiger partial charge in [0.15, 0.2) is 0 Å². The van der Waals surface area contributed by atoms with Crippen LogP contribution in [0, 0.1) is 6.92 Å². The van der Waals surface area contributed by atoms with Gasteiger partial charge in [-0.25, -0.2) is 4.79 Å². The molecule has 0 aliphatic carbocycles. The van der Waals surface area contributed by atoms with Crippen LogP contribution < -0.4 is 0 Å². The van der Waals surface area contributed by atoms with Gasteiger partial charge in [0, 0.05) is 12.0 Å². The maximum absolute atomic E-state index is 11.4. The number of methoxy groups -OCH3 is 1. The fourth-order valence-corrected chi connectivity index (χ4v) is 1.73. The summed E-state index contributed by atoms with van der Waals surface area (Å²) in [5.41, 5.74) is 1.96. The standard InChI is InChI=1S/C14H14O3/c1-10-8-12(17-13(10)14(15)16-2)9-11-6-4-3-5-7-11/h3-8H,9H2,1-2H3. The van der Waals surface area contributed by atoms with E-state index in [1.165, 1.54) is 7.11 Å². The van der Waals surface area contributed by atoms with Crippen LogP contribution in [0.5, 0.6) is 0 Å². The number of ether oxygens (including phenoxy) is 1. The highest BCUT2D eigenvalue weighted by Crippen LogP contribution is 2.18. The molecule has 0 saturated carbocycles. The van der Waals surface area contributed by atoms with Crippen molar-refractivity contribution in [2.45, 2.75) is 13.3 Å². The van der Waals surface area contributed by atoms with Gasteiger partial charge < -0.3 is 9.15 Å². The van der Waals surface area contributed by atoms with E-state index in [9.17, 15) is 4.79 Å². The van der Waals surface area contributed by atoms with Gasteiger partial charge >= 0.3 is 5.97 Å². The normalized spacial score (nSPS) is 10.2. The van der Waals surface area contributed by atoms with Gasteiger partial charge in [-0.2, -0.15) is 0 Å². The first-order chi connectivity index (χ1) is 8.20. The van der Waals surface area contributed by atoms with Crippen molar-refractivity contribution in [3.05, 3.63) is 59.0 Å². The zero-order chi connectivity index (χ0) is 12.3. The molecule has 0 amide bonds. The van der Waals surface area contributed by atoms with Crippen molar-refractivity contribution in [3.63, 3.8) is 0 Å². The summed E-state index contributed by atoms with van der Waals surface area (Å²) in [5, 5.41) is 0.